The molecule has 0 aliphatic rings. The molecule has 4 rings (SSSR count). The van der Waals surface area contributed by atoms with Gasteiger partial charge in [0.05, 0.1) is 25.9 Å². The molecule has 0 radical (unpaired) electrons. The van der Waals surface area contributed by atoms with Gasteiger partial charge in [-0.05, 0) is 58.9 Å². The fourth-order valence-electron chi connectivity index (χ4n) is 7.91. The molecule has 0 saturated carbocycles. The Hall–Kier alpha value is -9.39. The highest BCUT2D eigenvalue weighted by Gasteiger charge is 2.35. The highest BCUT2D eigenvalue weighted by Crippen LogP contribution is 2.15. The zero-order chi connectivity index (χ0) is 58.2. The van der Waals surface area contributed by atoms with Crippen LogP contribution in [0.2, 0.25) is 0 Å². The second kappa shape index (κ2) is 31.0. The highest BCUT2D eigenvalue weighted by molar-refractivity contribution is 5.98. The third-order valence-corrected chi connectivity index (χ3v) is 11.9. The number of carboxylic acid groups (broad SMARTS) is 2. The lowest BCUT2D eigenvalue weighted by Crippen LogP contribution is -2.60. The van der Waals surface area contributed by atoms with Crippen LogP contribution in [0, 0.1) is 5.92 Å². The van der Waals surface area contributed by atoms with Gasteiger partial charge in [-0.3, -0.25) is 47.9 Å². The largest absolute Gasteiger partial charge is 0.508 e. The van der Waals surface area contributed by atoms with E-state index in [0.717, 1.165) is 0 Å². The summed E-state index contributed by atoms with van der Waals surface area (Å²) in [5.74, 6) is -12.0. The van der Waals surface area contributed by atoms with Crippen LogP contribution in [0.25, 0.3) is 0 Å². The third-order valence-electron chi connectivity index (χ3n) is 11.9. The van der Waals surface area contributed by atoms with Gasteiger partial charge in [0.15, 0.2) is 0 Å². The smallest absolute Gasteiger partial charge is 0.326 e. The number of aromatic hydroxyl groups is 2. The van der Waals surface area contributed by atoms with E-state index in [1.165, 1.54) is 48.5 Å². The lowest BCUT2D eigenvalue weighted by atomic mass is 10.0. The summed E-state index contributed by atoms with van der Waals surface area (Å²) in [5, 5.41) is 59.0. The van der Waals surface area contributed by atoms with Gasteiger partial charge in [-0.25, -0.2) is 4.79 Å². The van der Waals surface area contributed by atoms with E-state index >= 15 is 0 Å². The minimum absolute atomic E-state index is 0.0341. The number of rotatable bonds is 31. The molecule has 0 aliphatic heterocycles. The van der Waals surface area contributed by atoms with Gasteiger partial charge >= 0.3 is 11.9 Å². The standard InChI is InChI=1S/C54H66N10O15/c1-30(2)21-37(60-52(76)41(26-44(56)67)58-45(68)28-55)48(72)57-29-46(69)59-38(24-33-13-17-35(65)18-14-33)49(73)61-39(22-31-9-5-3-6-10-31)50(74)62-40(23-32-11-7-4-8-12-32)51(75)63-42(27-47(70)71)53(77)64-43(54(78)79)25-34-15-19-36(66)20-16-34/h3-20,30,37-43,65-66H,21-29,55H2,1-2H3,(H2,56,67)(H,57,72)(H,58,68)(H,59,69)(H,60,76)(H,61,73)(H,62,74)(H,63,75)(H,64,77)(H,70,71)(H,78,79)/t37-,38-,39-,40-,41-,42-,43-/m0/s1. The molecule has 4 aromatic rings. The van der Waals surface area contributed by atoms with Gasteiger partial charge in [0, 0.05) is 25.7 Å². The predicted molar refractivity (Wildman–Crippen MR) is 283 cm³/mol. The maximum atomic E-state index is 14.6. The summed E-state index contributed by atoms with van der Waals surface area (Å²) in [5.41, 5.74) is 12.5. The number of phenols is 2. The summed E-state index contributed by atoms with van der Waals surface area (Å²) in [6.07, 6.45) is -2.55. The molecule has 16 N–H and O–H groups in total. The quantitative estimate of drug-likeness (QED) is 0.0268. The van der Waals surface area contributed by atoms with E-state index in [1.54, 1.807) is 74.5 Å². The van der Waals surface area contributed by atoms with E-state index in [2.05, 4.69) is 42.5 Å². The van der Waals surface area contributed by atoms with Crippen LogP contribution in [0.1, 0.15) is 55.4 Å². The maximum absolute atomic E-state index is 14.6. The number of hydrogen-bond donors (Lipinski definition) is 14. The Morgan fingerprint density at radius 2 is 0.785 bits per heavy atom. The molecule has 0 fully saturated rings. The Labute approximate surface area is 454 Å². The van der Waals surface area contributed by atoms with Gasteiger partial charge in [-0.1, -0.05) is 98.8 Å². The summed E-state index contributed by atoms with van der Waals surface area (Å²) in [4.78, 5) is 145. The number of primary amides is 1. The van der Waals surface area contributed by atoms with Crippen molar-refractivity contribution in [2.45, 2.75) is 101 Å². The van der Waals surface area contributed by atoms with Crippen LogP contribution in [0.15, 0.2) is 109 Å². The fraction of sp³-hybridized carbons (Fsp3) is 0.352. The zero-order valence-electron chi connectivity index (χ0n) is 43.3. The summed E-state index contributed by atoms with van der Waals surface area (Å²) in [6.45, 7) is 2.22. The van der Waals surface area contributed by atoms with E-state index in [4.69, 9.17) is 11.5 Å². The maximum Gasteiger partial charge on any atom is 0.326 e. The van der Waals surface area contributed by atoms with E-state index in [-0.39, 0.29) is 49.5 Å². The van der Waals surface area contributed by atoms with Crippen molar-refractivity contribution in [1.29, 1.82) is 0 Å². The summed E-state index contributed by atoms with van der Waals surface area (Å²) >= 11 is 0. The van der Waals surface area contributed by atoms with Gasteiger partial charge in [0.25, 0.3) is 0 Å². The van der Waals surface area contributed by atoms with Gasteiger partial charge in [0.2, 0.25) is 53.2 Å². The van der Waals surface area contributed by atoms with Gasteiger partial charge in [-0.2, -0.15) is 0 Å². The molecule has 9 amide bonds. The number of carboxylic acids is 2. The van der Waals surface area contributed by atoms with Gasteiger partial charge in [-0.15, -0.1) is 0 Å². The lowest BCUT2D eigenvalue weighted by molar-refractivity contribution is -0.143. The van der Waals surface area contributed by atoms with Crippen LogP contribution in [0.3, 0.4) is 0 Å². The molecule has 79 heavy (non-hydrogen) atoms. The van der Waals surface area contributed by atoms with Gasteiger partial charge in [0.1, 0.15) is 53.8 Å². The SMILES string of the molecule is CC(C)C[C@H](NC(=O)[C@H](CC(N)=O)NC(=O)CN)C(=O)NCC(=O)N[C@@H](Cc1ccc(O)cc1)C(=O)N[C@@H](Cc1ccccc1)C(=O)N[C@@H](Cc1ccccc1)C(=O)N[C@@H](CC(=O)O)C(=O)N[C@@H](Cc1ccc(O)cc1)C(=O)O. The molecule has 25 heteroatoms. The van der Waals surface area contributed by atoms with Crippen molar-refractivity contribution in [2.24, 2.45) is 17.4 Å². The Balaban J connectivity index is 1.61. The number of nitrogens with two attached hydrogens (primary N) is 2. The molecule has 422 valence electrons. The summed E-state index contributed by atoms with van der Waals surface area (Å²) < 4.78 is 0. The molecule has 0 bridgehead atoms. The number of hydrogen-bond acceptors (Lipinski definition) is 14. The van der Waals surface area contributed by atoms with Crippen LogP contribution >= 0.6 is 0 Å². The predicted octanol–water partition coefficient (Wildman–Crippen LogP) is -1.68. The van der Waals surface area contributed by atoms with E-state index in [0.29, 0.717) is 22.3 Å². The average molecular weight is 1100 g/mol. The van der Waals surface area contributed by atoms with E-state index in [1.807, 2.05) is 0 Å². The minimum Gasteiger partial charge on any atom is -0.508 e. The second-order valence-corrected chi connectivity index (χ2v) is 18.8. The average Bonchev–Trinajstić information content (AvgIpc) is 3.41. The molecular formula is C54H66N10O15. The van der Waals surface area contributed by atoms with Crippen LogP contribution in [-0.2, 0) is 78.4 Å². The fourth-order valence-corrected chi connectivity index (χ4v) is 7.91. The van der Waals surface area contributed by atoms with Crippen molar-refractivity contribution < 1.29 is 73.2 Å². The first-order chi connectivity index (χ1) is 37.5. The van der Waals surface area contributed by atoms with Crippen molar-refractivity contribution in [3.05, 3.63) is 131 Å². The molecule has 0 saturated heterocycles. The minimum atomic E-state index is -1.87. The van der Waals surface area contributed by atoms with Crippen molar-refractivity contribution in [3.63, 3.8) is 0 Å². The number of benzene rings is 4. The molecule has 0 spiro atoms. The molecule has 25 nitrogen and oxygen atoms in total. The second-order valence-electron chi connectivity index (χ2n) is 18.8. The first kappa shape index (κ1) is 62.2. The lowest BCUT2D eigenvalue weighted by Gasteiger charge is -2.27. The number of phenolic OH excluding ortho intramolecular Hbond substituents is 2. The highest BCUT2D eigenvalue weighted by atomic mass is 16.4. The van der Waals surface area contributed by atoms with Crippen molar-refractivity contribution in [1.82, 2.24) is 42.5 Å². The summed E-state index contributed by atoms with van der Waals surface area (Å²) in [7, 11) is 0. The number of nitrogens with one attached hydrogen (secondary N) is 8. The van der Waals surface area contributed by atoms with Crippen molar-refractivity contribution >= 4 is 65.1 Å². The first-order valence-electron chi connectivity index (χ1n) is 24.9. The van der Waals surface area contributed by atoms with E-state index < -0.39 is 133 Å². The van der Waals surface area contributed by atoms with Crippen molar-refractivity contribution in [2.75, 3.05) is 13.1 Å². The molecule has 0 aromatic heterocycles. The van der Waals surface area contributed by atoms with Gasteiger partial charge < -0.3 is 74.4 Å². The number of aliphatic carboxylic acids is 2. The molecule has 0 unspecified atom stereocenters. The molecular weight excluding hydrogens is 1030 g/mol. The molecule has 4 aromatic carbocycles. The zero-order valence-corrected chi connectivity index (χ0v) is 43.3. The number of carbonyl (C=O) groups is 11. The topological polar surface area (TPSA) is 417 Å². The molecule has 0 heterocycles. The van der Waals surface area contributed by atoms with Crippen LogP contribution in [0.4, 0.5) is 0 Å². The van der Waals surface area contributed by atoms with Crippen LogP contribution < -0.4 is 54.0 Å². The normalized spacial score (nSPS) is 13.5. The Bertz CT molecular complexity index is 2770. The number of amides is 9. The van der Waals surface area contributed by atoms with Crippen LogP contribution in [-0.4, -0.2) is 141 Å². The van der Waals surface area contributed by atoms with E-state index in [9.17, 15) is 73.2 Å². The number of carbonyl (C=O) groups excluding carboxylic acids is 9. The molecule has 0 aliphatic carbocycles. The first-order valence-corrected chi connectivity index (χ1v) is 24.9. The Morgan fingerprint density at radius 1 is 0.430 bits per heavy atom. The monoisotopic (exact) mass is 1090 g/mol. The molecule has 7 atom stereocenters. The third kappa shape index (κ3) is 22.0. The Kier molecular flexibility index (Phi) is 24.4. The Morgan fingerprint density at radius 3 is 1.19 bits per heavy atom. The summed E-state index contributed by atoms with van der Waals surface area (Å²) in [6, 6.07) is 16.9. The van der Waals surface area contributed by atoms with Crippen LogP contribution in [0.5, 0.6) is 11.5 Å². The van der Waals surface area contributed by atoms with Crippen molar-refractivity contribution in [3.8, 4) is 11.5 Å².